The van der Waals surface area contributed by atoms with Gasteiger partial charge in [0.2, 0.25) is 0 Å². The lowest BCUT2D eigenvalue weighted by Crippen LogP contribution is -2.01. The van der Waals surface area contributed by atoms with Crippen LogP contribution in [0.2, 0.25) is 0 Å². The molecule has 0 saturated carbocycles. The Morgan fingerprint density at radius 3 is 2.58 bits per heavy atom. The second kappa shape index (κ2) is 7.28. The topological polar surface area (TPSA) is 66.6 Å². The molecular formula is C12H9N3OS3. The molecular weight excluding hydrogens is 298 g/mol. The number of nitrogens with zero attached hydrogens (tertiary/aromatic N) is 3. The van der Waals surface area contributed by atoms with Gasteiger partial charge in [-0.1, -0.05) is 65.2 Å². The van der Waals surface area contributed by atoms with Gasteiger partial charge in [0.05, 0.1) is 17.6 Å². The number of carbonyl (C=O) groups excluding carboxylic acids is 1. The van der Waals surface area contributed by atoms with Crippen LogP contribution in [-0.2, 0) is 0 Å². The molecule has 7 heteroatoms. The van der Waals surface area contributed by atoms with Crippen LogP contribution in [0, 0.1) is 11.3 Å². The van der Waals surface area contributed by atoms with Crippen LogP contribution in [0.25, 0.3) is 0 Å². The zero-order valence-corrected chi connectivity index (χ0v) is 12.2. The van der Waals surface area contributed by atoms with Gasteiger partial charge in [-0.2, -0.15) is 5.26 Å². The number of carbonyl (C=O) groups is 1. The maximum absolute atomic E-state index is 11.9. The Hall–Kier alpha value is -1.36. The molecule has 2 aromatic rings. The zero-order valence-electron chi connectivity index (χ0n) is 9.78. The summed E-state index contributed by atoms with van der Waals surface area (Å²) in [5, 5.41) is 16.4. The summed E-state index contributed by atoms with van der Waals surface area (Å²) in [4.78, 5) is 11.9. The number of hydrogen-bond donors (Lipinski definition) is 0. The largest absolute Gasteiger partial charge is 0.293 e. The van der Waals surface area contributed by atoms with Crippen LogP contribution in [0.3, 0.4) is 0 Å². The number of benzene rings is 1. The van der Waals surface area contributed by atoms with E-state index in [1.165, 1.54) is 34.9 Å². The highest BCUT2D eigenvalue weighted by Gasteiger charge is 2.09. The van der Waals surface area contributed by atoms with Crippen LogP contribution >= 0.6 is 34.9 Å². The van der Waals surface area contributed by atoms with Gasteiger partial charge in [-0.25, -0.2) is 0 Å². The minimum atomic E-state index is 0.0760. The van der Waals surface area contributed by atoms with Crippen LogP contribution in [-0.4, -0.2) is 27.5 Å². The van der Waals surface area contributed by atoms with E-state index in [1.54, 1.807) is 12.1 Å². The van der Waals surface area contributed by atoms with Gasteiger partial charge in [-0.05, 0) is 0 Å². The van der Waals surface area contributed by atoms with E-state index >= 15 is 0 Å². The molecule has 0 radical (unpaired) electrons. The molecule has 4 nitrogen and oxygen atoms in total. The van der Waals surface area contributed by atoms with Gasteiger partial charge in [-0.3, -0.25) is 4.79 Å². The van der Waals surface area contributed by atoms with E-state index in [-0.39, 0.29) is 5.78 Å². The van der Waals surface area contributed by atoms with E-state index in [0.717, 1.165) is 8.68 Å². The lowest BCUT2D eigenvalue weighted by molar-refractivity contribution is 0.102. The second-order valence-corrected chi connectivity index (χ2v) is 6.78. The predicted octanol–water partition coefficient (Wildman–Crippen LogP) is 3.13. The lowest BCUT2D eigenvalue weighted by atomic mass is 10.2. The normalized spacial score (nSPS) is 10.1. The Bertz CT molecular complexity index is 592. The number of rotatable bonds is 6. The number of hydrogen-bond acceptors (Lipinski definition) is 7. The second-order valence-electron chi connectivity index (χ2n) is 3.36. The van der Waals surface area contributed by atoms with Crippen molar-refractivity contribution in [1.29, 1.82) is 5.26 Å². The summed E-state index contributed by atoms with van der Waals surface area (Å²) in [5.41, 5.74) is 0.707. The molecule has 19 heavy (non-hydrogen) atoms. The quantitative estimate of drug-likeness (QED) is 0.603. The first-order chi connectivity index (χ1) is 9.29. The SMILES string of the molecule is N#CCSc1nnc(SCC(=O)c2ccccc2)s1. The molecule has 1 aromatic heterocycles. The molecule has 0 fully saturated rings. The molecule has 0 aliphatic rings. The number of Topliss-reactive ketones (excluding diaryl/α,β-unsaturated/α-hetero) is 1. The van der Waals surface area contributed by atoms with Crippen LogP contribution in [0.5, 0.6) is 0 Å². The van der Waals surface area contributed by atoms with E-state index in [9.17, 15) is 4.79 Å². The van der Waals surface area contributed by atoms with Crippen LogP contribution in [0.4, 0.5) is 0 Å². The third kappa shape index (κ3) is 4.35. The lowest BCUT2D eigenvalue weighted by Gasteiger charge is -1.97. The van der Waals surface area contributed by atoms with E-state index < -0.39 is 0 Å². The van der Waals surface area contributed by atoms with Crippen molar-refractivity contribution in [3.8, 4) is 6.07 Å². The van der Waals surface area contributed by atoms with Crippen molar-refractivity contribution in [1.82, 2.24) is 10.2 Å². The fourth-order valence-electron chi connectivity index (χ4n) is 1.24. The molecule has 0 bridgehead atoms. The maximum atomic E-state index is 11.9. The number of aromatic nitrogens is 2. The highest BCUT2D eigenvalue weighted by atomic mass is 32.2. The highest BCUT2D eigenvalue weighted by molar-refractivity contribution is 8.03. The first-order valence-corrected chi connectivity index (χ1v) is 8.12. The first kappa shape index (κ1) is 14.1. The van der Waals surface area contributed by atoms with E-state index in [1.807, 2.05) is 24.3 Å². The Balaban J connectivity index is 1.87. The molecule has 0 unspecified atom stereocenters. The van der Waals surface area contributed by atoms with Crippen molar-refractivity contribution < 1.29 is 4.79 Å². The van der Waals surface area contributed by atoms with Crippen molar-refractivity contribution in [3.63, 3.8) is 0 Å². The molecule has 96 valence electrons. The molecule has 0 atom stereocenters. The van der Waals surface area contributed by atoms with Gasteiger partial charge in [0.15, 0.2) is 14.5 Å². The average molecular weight is 307 g/mol. The Morgan fingerprint density at radius 1 is 1.21 bits per heavy atom. The van der Waals surface area contributed by atoms with Crippen LogP contribution < -0.4 is 0 Å². The first-order valence-electron chi connectivity index (χ1n) is 5.34. The number of nitriles is 1. The fourth-order valence-corrected chi connectivity index (χ4v) is 3.82. The highest BCUT2D eigenvalue weighted by Crippen LogP contribution is 2.28. The molecule has 2 rings (SSSR count). The summed E-state index contributed by atoms with van der Waals surface area (Å²) in [6.45, 7) is 0. The summed E-state index contributed by atoms with van der Waals surface area (Å²) >= 11 is 4.14. The van der Waals surface area contributed by atoms with Gasteiger partial charge in [0.25, 0.3) is 0 Å². The molecule has 0 aliphatic heterocycles. The van der Waals surface area contributed by atoms with E-state index in [4.69, 9.17) is 5.26 Å². The summed E-state index contributed by atoms with van der Waals surface area (Å²) in [7, 11) is 0. The number of thioether (sulfide) groups is 2. The predicted molar refractivity (Wildman–Crippen MR) is 77.7 cm³/mol. The molecule has 0 aliphatic carbocycles. The summed E-state index contributed by atoms with van der Waals surface area (Å²) < 4.78 is 1.51. The standard InChI is InChI=1S/C12H9N3OS3/c13-6-7-17-11-14-15-12(19-11)18-8-10(16)9-4-2-1-3-5-9/h1-5H,7-8H2. The van der Waals surface area contributed by atoms with Gasteiger partial charge < -0.3 is 0 Å². The van der Waals surface area contributed by atoms with Crippen molar-refractivity contribution in [3.05, 3.63) is 35.9 Å². The minimum absolute atomic E-state index is 0.0760. The van der Waals surface area contributed by atoms with Gasteiger partial charge in [0, 0.05) is 5.56 Å². The fraction of sp³-hybridized carbons (Fsp3) is 0.167. The van der Waals surface area contributed by atoms with Crippen LogP contribution in [0.15, 0.2) is 39.0 Å². The molecule has 0 spiro atoms. The van der Waals surface area contributed by atoms with Gasteiger partial charge >= 0.3 is 0 Å². The Morgan fingerprint density at radius 2 is 1.89 bits per heavy atom. The zero-order chi connectivity index (χ0) is 13.5. The monoisotopic (exact) mass is 307 g/mol. The molecule has 0 amide bonds. The smallest absolute Gasteiger partial charge is 0.176 e. The van der Waals surface area contributed by atoms with E-state index in [0.29, 0.717) is 17.1 Å². The van der Waals surface area contributed by atoms with E-state index in [2.05, 4.69) is 10.2 Å². The third-order valence-corrected chi connectivity index (χ3v) is 5.13. The van der Waals surface area contributed by atoms with Crippen molar-refractivity contribution in [2.45, 2.75) is 8.68 Å². The summed E-state index contributed by atoms with van der Waals surface area (Å²) in [6, 6.07) is 11.2. The molecule has 1 heterocycles. The molecule has 1 aromatic carbocycles. The van der Waals surface area contributed by atoms with Crippen LogP contribution in [0.1, 0.15) is 10.4 Å². The third-order valence-electron chi connectivity index (χ3n) is 2.07. The Kier molecular flexibility index (Phi) is 5.39. The molecule has 0 saturated heterocycles. The van der Waals surface area contributed by atoms with Crippen molar-refractivity contribution >= 4 is 40.6 Å². The summed E-state index contributed by atoms with van der Waals surface area (Å²) in [5.74, 6) is 0.788. The Labute approximate surface area is 123 Å². The van der Waals surface area contributed by atoms with Gasteiger partial charge in [-0.15, -0.1) is 10.2 Å². The summed E-state index contributed by atoms with van der Waals surface area (Å²) in [6.07, 6.45) is 0. The maximum Gasteiger partial charge on any atom is 0.176 e. The average Bonchev–Trinajstić information content (AvgIpc) is 2.91. The minimum Gasteiger partial charge on any atom is -0.293 e. The van der Waals surface area contributed by atoms with Crippen molar-refractivity contribution in [2.75, 3.05) is 11.5 Å². The number of ketones is 1. The van der Waals surface area contributed by atoms with Gasteiger partial charge in [0.1, 0.15) is 0 Å². The van der Waals surface area contributed by atoms with Crippen molar-refractivity contribution in [2.24, 2.45) is 0 Å². The molecule has 0 N–H and O–H groups in total.